The molecule has 0 saturated carbocycles. The summed E-state index contributed by atoms with van der Waals surface area (Å²) in [5.41, 5.74) is -1.07. The maximum atomic E-state index is 12.5. The van der Waals surface area contributed by atoms with Gasteiger partial charge in [-0.2, -0.15) is 0 Å². The Labute approximate surface area is 127 Å². The van der Waals surface area contributed by atoms with Crippen molar-refractivity contribution in [3.05, 3.63) is 54.7 Å². The summed E-state index contributed by atoms with van der Waals surface area (Å²) in [6.07, 6.45) is 1.08. The summed E-state index contributed by atoms with van der Waals surface area (Å²) >= 11 is 1.28. The van der Waals surface area contributed by atoms with Gasteiger partial charge in [0.2, 0.25) is 0 Å². The minimum absolute atomic E-state index is 0.0706. The quantitative estimate of drug-likeness (QED) is 0.523. The average Bonchev–Trinajstić information content (AvgIpc) is 3.03. The van der Waals surface area contributed by atoms with E-state index in [-0.39, 0.29) is 22.3 Å². The molecule has 0 atom stereocenters. The van der Waals surface area contributed by atoms with Crippen molar-refractivity contribution >= 4 is 28.1 Å². The van der Waals surface area contributed by atoms with Crippen molar-refractivity contribution in [3.63, 3.8) is 0 Å². The van der Waals surface area contributed by atoms with Gasteiger partial charge >= 0.3 is 5.69 Å². The number of thiophene rings is 1. The molecule has 0 aliphatic carbocycles. The summed E-state index contributed by atoms with van der Waals surface area (Å²) in [5.74, 6) is 0. The third kappa shape index (κ3) is 1.86. The van der Waals surface area contributed by atoms with Gasteiger partial charge in [0.05, 0.1) is 15.9 Å². The molecule has 3 aromatic rings. The lowest BCUT2D eigenvalue weighted by molar-refractivity contribution is -0.384. The first-order chi connectivity index (χ1) is 10.4. The van der Waals surface area contributed by atoms with Crippen molar-refractivity contribution in [2.75, 3.05) is 0 Å². The van der Waals surface area contributed by atoms with E-state index in [0.717, 1.165) is 10.8 Å². The van der Waals surface area contributed by atoms with Gasteiger partial charge in [0.15, 0.2) is 0 Å². The van der Waals surface area contributed by atoms with Crippen LogP contribution in [-0.2, 0) is 14.1 Å². The lowest BCUT2D eigenvalue weighted by Gasteiger charge is -2.09. The molecule has 0 radical (unpaired) electrons. The van der Waals surface area contributed by atoms with Gasteiger partial charge in [0, 0.05) is 19.0 Å². The number of rotatable bonds is 2. The molecule has 0 fully saturated rings. The second kappa shape index (κ2) is 4.88. The zero-order chi connectivity index (χ0) is 16.0. The minimum Gasteiger partial charge on any atom is -0.280 e. The summed E-state index contributed by atoms with van der Waals surface area (Å²) in [6, 6.07) is 3.43. The minimum atomic E-state index is -0.599. The topological polar surface area (TPSA) is 100 Å². The van der Waals surface area contributed by atoms with Crippen LogP contribution in [0.25, 0.3) is 21.5 Å². The molecule has 3 aromatic heterocycles. The van der Waals surface area contributed by atoms with Crippen molar-refractivity contribution in [2.24, 2.45) is 14.1 Å². The molecule has 3 rings (SSSR count). The molecule has 0 amide bonds. The maximum Gasteiger partial charge on any atom is 0.332 e. The van der Waals surface area contributed by atoms with Gasteiger partial charge in [-0.15, -0.1) is 11.3 Å². The SMILES string of the molecule is Cn1c(=O)c2c(-c3cccs3)c([N+](=O)[O-])cnc2n(C)c1=O. The average molecular weight is 318 g/mol. The highest BCUT2D eigenvalue weighted by atomic mass is 32.1. The third-order valence-corrected chi connectivity index (χ3v) is 4.30. The molecule has 0 aromatic carbocycles. The van der Waals surface area contributed by atoms with Crippen molar-refractivity contribution in [1.82, 2.24) is 14.1 Å². The summed E-state index contributed by atoms with van der Waals surface area (Å²) in [6.45, 7) is 0. The van der Waals surface area contributed by atoms with Crippen LogP contribution in [0.4, 0.5) is 5.69 Å². The van der Waals surface area contributed by atoms with Gasteiger partial charge < -0.3 is 0 Å². The van der Waals surface area contributed by atoms with E-state index in [1.54, 1.807) is 17.5 Å². The lowest BCUT2D eigenvalue weighted by atomic mass is 10.1. The number of hydrogen-bond donors (Lipinski definition) is 0. The summed E-state index contributed by atoms with van der Waals surface area (Å²) < 4.78 is 2.13. The van der Waals surface area contributed by atoms with Crippen LogP contribution in [0.15, 0.2) is 33.3 Å². The fourth-order valence-electron chi connectivity index (χ4n) is 2.33. The highest BCUT2D eigenvalue weighted by Crippen LogP contribution is 2.36. The van der Waals surface area contributed by atoms with Crippen molar-refractivity contribution < 1.29 is 4.92 Å². The number of nitrogens with zero attached hydrogens (tertiary/aromatic N) is 4. The molecular weight excluding hydrogens is 308 g/mol. The van der Waals surface area contributed by atoms with E-state index >= 15 is 0 Å². The third-order valence-electron chi connectivity index (χ3n) is 3.41. The molecular formula is C13H10N4O4S. The number of hydrogen-bond acceptors (Lipinski definition) is 6. The zero-order valence-electron chi connectivity index (χ0n) is 11.6. The van der Waals surface area contributed by atoms with E-state index in [2.05, 4.69) is 4.98 Å². The first kappa shape index (κ1) is 14.1. The Kier molecular flexibility index (Phi) is 3.14. The fourth-order valence-corrected chi connectivity index (χ4v) is 3.11. The molecule has 112 valence electrons. The van der Waals surface area contributed by atoms with Crippen LogP contribution >= 0.6 is 11.3 Å². The summed E-state index contributed by atoms with van der Waals surface area (Å²) in [5, 5.41) is 13.1. The summed E-state index contributed by atoms with van der Waals surface area (Å²) in [4.78, 5) is 39.7. The standard InChI is InChI=1S/C13H10N4O4S/c1-15-11-10(12(18)16(2)13(15)19)9(8-4-3-5-22-8)7(6-14-11)17(20)21/h3-6H,1-2H3. The Morgan fingerprint density at radius 2 is 2.00 bits per heavy atom. The molecule has 0 unspecified atom stereocenters. The van der Waals surface area contributed by atoms with Crippen LogP contribution in [0, 0.1) is 10.1 Å². The van der Waals surface area contributed by atoms with E-state index in [4.69, 9.17) is 0 Å². The Morgan fingerprint density at radius 1 is 1.27 bits per heavy atom. The molecule has 0 saturated heterocycles. The molecule has 0 bridgehead atoms. The highest BCUT2D eigenvalue weighted by Gasteiger charge is 2.24. The van der Waals surface area contributed by atoms with Gasteiger partial charge in [0.1, 0.15) is 11.8 Å². The monoisotopic (exact) mass is 318 g/mol. The molecule has 9 heteroatoms. The second-order valence-electron chi connectivity index (χ2n) is 4.66. The van der Waals surface area contributed by atoms with Crippen molar-refractivity contribution in [3.8, 4) is 10.4 Å². The Morgan fingerprint density at radius 3 is 2.59 bits per heavy atom. The van der Waals surface area contributed by atoms with Gasteiger partial charge in [-0.25, -0.2) is 9.78 Å². The normalized spacial score (nSPS) is 11.0. The van der Waals surface area contributed by atoms with Crippen LogP contribution in [0.3, 0.4) is 0 Å². The number of aromatic nitrogens is 3. The van der Waals surface area contributed by atoms with E-state index in [9.17, 15) is 19.7 Å². The first-order valence-electron chi connectivity index (χ1n) is 6.20. The maximum absolute atomic E-state index is 12.5. The molecule has 0 aliphatic heterocycles. The predicted molar refractivity (Wildman–Crippen MR) is 82.2 cm³/mol. The lowest BCUT2D eigenvalue weighted by Crippen LogP contribution is -2.37. The number of nitro groups is 1. The molecule has 8 nitrogen and oxygen atoms in total. The Bertz CT molecular complexity index is 1020. The first-order valence-corrected chi connectivity index (χ1v) is 7.08. The Hall–Kier alpha value is -2.81. The number of fused-ring (bicyclic) bond motifs is 1. The summed E-state index contributed by atoms with van der Waals surface area (Å²) in [7, 11) is 2.81. The predicted octanol–water partition coefficient (Wildman–Crippen LogP) is 1.27. The number of pyridine rings is 1. The van der Waals surface area contributed by atoms with Crippen molar-refractivity contribution in [1.29, 1.82) is 0 Å². The van der Waals surface area contributed by atoms with Crippen LogP contribution in [0.1, 0.15) is 0 Å². The van der Waals surface area contributed by atoms with Crippen LogP contribution in [0.5, 0.6) is 0 Å². The molecule has 0 spiro atoms. The van der Waals surface area contributed by atoms with E-state index < -0.39 is 16.2 Å². The smallest absolute Gasteiger partial charge is 0.280 e. The van der Waals surface area contributed by atoms with Gasteiger partial charge in [-0.1, -0.05) is 6.07 Å². The zero-order valence-corrected chi connectivity index (χ0v) is 12.5. The Balaban J connectivity index is 2.65. The van der Waals surface area contributed by atoms with E-state index in [1.165, 1.54) is 30.0 Å². The van der Waals surface area contributed by atoms with E-state index in [0.29, 0.717) is 4.88 Å². The number of aryl methyl sites for hydroxylation is 1. The fraction of sp³-hybridized carbons (Fsp3) is 0.154. The van der Waals surface area contributed by atoms with Crippen molar-refractivity contribution in [2.45, 2.75) is 0 Å². The molecule has 3 heterocycles. The molecule has 0 N–H and O–H groups in total. The van der Waals surface area contributed by atoms with Gasteiger partial charge in [0.25, 0.3) is 11.2 Å². The largest absolute Gasteiger partial charge is 0.332 e. The molecule has 22 heavy (non-hydrogen) atoms. The van der Waals surface area contributed by atoms with Gasteiger partial charge in [-0.3, -0.25) is 24.0 Å². The highest BCUT2D eigenvalue weighted by molar-refractivity contribution is 7.13. The van der Waals surface area contributed by atoms with Crippen LogP contribution in [-0.4, -0.2) is 19.0 Å². The van der Waals surface area contributed by atoms with E-state index in [1.807, 2.05) is 0 Å². The molecule has 0 aliphatic rings. The van der Waals surface area contributed by atoms with Crippen LogP contribution < -0.4 is 11.2 Å². The second-order valence-corrected chi connectivity index (χ2v) is 5.60. The van der Waals surface area contributed by atoms with Crippen LogP contribution in [0.2, 0.25) is 0 Å². The van der Waals surface area contributed by atoms with Gasteiger partial charge in [-0.05, 0) is 11.4 Å².